The standard InChI is InChI=1S/C19H29NO2/c1-14(2)13-22-19-11-9-16(12-17(19)20)18(21)10-8-15-6-4-3-5-7-15/h9,11-12,14-15H,3-8,10,13,20H2,1-2H3. The highest BCUT2D eigenvalue weighted by Crippen LogP contribution is 2.29. The predicted octanol–water partition coefficient (Wildman–Crippen LogP) is 4.85. The smallest absolute Gasteiger partial charge is 0.162 e. The second kappa shape index (κ2) is 8.21. The van der Waals surface area contributed by atoms with E-state index < -0.39 is 0 Å². The van der Waals surface area contributed by atoms with E-state index in [1.54, 1.807) is 6.07 Å². The fraction of sp³-hybridized carbons (Fsp3) is 0.632. The quantitative estimate of drug-likeness (QED) is 0.579. The van der Waals surface area contributed by atoms with E-state index in [2.05, 4.69) is 13.8 Å². The Morgan fingerprint density at radius 2 is 2.00 bits per heavy atom. The third-order valence-corrected chi connectivity index (χ3v) is 4.41. The van der Waals surface area contributed by atoms with E-state index in [9.17, 15) is 4.79 Å². The molecular formula is C19H29NO2. The molecule has 0 unspecified atom stereocenters. The fourth-order valence-corrected chi connectivity index (χ4v) is 3.07. The zero-order valence-electron chi connectivity index (χ0n) is 13.9. The molecule has 0 bridgehead atoms. The number of rotatable bonds is 7. The van der Waals surface area contributed by atoms with Crippen molar-refractivity contribution in [1.29, 1.82) is 0 Å². The number of carbonyl (C=O) groups is 1. The molecule has 0 heterocycles. The maximum Gasteiger partial charge on any atom is 0.162 e. The summed E-state index contributed by atoms with van der Waals surface area (Å²) in [5.74, 6) is 2.07. The first-order valence-electron chi connectivity index (χ1n) is 8.61. The molecule has 1 fully saturated rings. The molecule has 2 rings (SSSR count). The molecule has 0 spiro atoms. The molecule has 3 nitrogen and oxygen atoms in total. The van der Waals surface area contributed by atoms with Gasteiger partial charge in [-0.1, -0.05) is 46.0 Å². The third-order valence-electron chi connectivity index (χ3n) is 4.41. The Morgan fingerprint density at radius 1 is 1.27 bits per heavy atom. The van der Waals surface area contributed by atoms with E-state index in [4.69, 9.17) is 10.5 Å². The van der Waals surface area contributed by atoms with Crippen LogP contribution in [-0.4, -0.2) is 12.4 Å². The first-order valence-corrected chi connectivity index (χ1v) is 8.61. The Labute approximate surface area is 134 Å². The van der Waals surface area contributed by atoms with E-state index in [-0.39, 0.29) is 5.78 Å². The van der Waals surface area contributed by atoms with Crippen molar-refractivity contribution in [2.45, 2.75) is 58.8 Å². The van der Waals surface area contributed by atoms with Crippen molar-refractivity contribution in [3.63, 3.8) is 0 Å². The minimum atomic E-state index is 0.202. The molecule has 0 atom stereocenters. The Kier molecular flexibility index (Phi) is 6.29. The number of Topliss-reactive ketones (excluding diaryl/α,β-unsaturated/α-hetero) is 1. The van der Waals surface area contributed by atoms with Crippen molar-refractivity contribution in [3.05, 3.63) is 23.8 Å². The monoisotopic (exact) mass is 303 g/mol. The molecule has 1 saturated carbocycles. The Balaban J connectivity index is 1.88. The molecule has 1 aliphatic carbocycles. The Morgan fingerprint density at radius 3 is 2.64 bits per heavy atom. The molecule has 3 heteroatoms. The number of nitrogens with two attached hydrogens (primary N) is 1. The summed E-state index contributed by atoms with van der Waals surface area (Å²) in [4.78, 5) is 12.3. The molecule has 1 aliphatic rings. The lowest BCUT2D eigenvalue weighted by Gasteiger charge is -2.21. The van der Waals surface area contributed by atoms with Crippen molar-refractivity contribution in [3.8, 4) is 5.75 Å². The Bertz CT molecular complexity index is 490. The zero-order valence-corrected chi connectivity index (χ0v) is 13.9. The summed E-state index contributed by atoms with van der Waals surface area (Å²) in [7, 11) is 0. The highest BCUT2D eigenvalue weighted by Gasteiger charge is 2.16. The van der Waals surface area contributed by atoms with Gasteiger partial charge in [-0.2, -0.15) is 0 Å². The van der Waals surface area contributed by atoms with Crippen LogP contribution in [0.15, 0.2) is 18.2 Å². The summed E-state index contributed by atoms with van der Waals surface area (Å²) in [5.41, 5.74) is 7.28. The van der Waals surface area contributed by atoms with Gasteiger partial charge < -0.3 is 10.5 Å². The number of carbonyl (C=O) groups excluding carboxylic acids is 1. The summed E-state index contributed by atoms with van der Waals surface area (Å²) in [6, 6.07) is 5.43. The summed E-state index contributed by atoms with van der Waals surface area (Å²) < 4.78 is 5.65. The molecule has 1 aromatic carbocycles. The van der Waals surface area contributed by atoms with E-state index in [1.165, 1.54) is 32.1 Å². The van der Waals surface area contributed by atoms with Crippen LogP contribution in [0.4, 0.5) is 5.69 Å². The number of hydrogen-bond donors (Lipinski definition) is 1. The van der Waals surface area contributed by atoms with E-state index >= 15 is 0 Å². The van der Waals surface area contributed by atoms with Gasteiger partial charge >= 0.3 is 0 Å². The molecule has 122 valence electrons. The largest absolute Gasteiger partial charge is 0.491 e. The van der Waals surface area contributed by atoms with Crippen LogP contribution < -0.4 is 10.5 Å². The first-order chi connectivity index (χ1) is 10.6. The van der Waals surface area contributed by atoms with Gasteiger partial charge in [0.25, 0.3) is 0 Å². The predicted molar refractivity (Wildman–Crippen MR) is 91.3 cm³/mol. The van der Waals surface area contributed by atoms with Crippen LogP contribution in [0.5, 0.6) is 5.75 Å². The molecule has 0 aliphatic heterocycles. The van der Waals surface area contributed by atoms with Gasteiger partial charge in [0.2, 0.25) is 0 Å². The molecule has 0 radical (unpaired) electrons. The van der Waals surface area contributed by atoms with Crippen LogP contribution in [0.2, 0.25) is 0 Å². The first kappa shape index (κ1) is 16.9. The van der Waals surface area contributed by atoms with Crippen molar-refractivity contribution in [2.75, 3.05) is 12.3 Å². The van der Waals surface area contributed by atoms with Crippen molar-refractivity contribution in [2.24, 2.45) is 11.8 Å². The maximum absolute atomic E-state index is 12.3. The second-order valence-electron chi connectivity index (χ2n) is 6.92. The second-order valence-corrected chi connectivity index (χ2v) is 6.92. The van der Waals surface area contributed by atoms with Crippen LogP contribution in [0.3, 0.4) is 0 Å². The normalized spacial score (nSPS) is 16.0. The molecule has 0 aromatic heterocycles. The van der Waals surface area contributed by atoms with Crippen molar-refractivity contribution >= 4 is 11.5 Å². The van der Waals surface area contributed by atoms with Crippen LogP contribution >= 0.6 is 0 Å². The van der Waals surface area contributed by atoms with E-state index in [0.29, 0.717) is 35.9 Å². The summed E-state index contributed by atoms with van der Waals surface area (Å²) >= 11 is 0. The molecular weight excluding hydrogens is 274 g/mol. The SMILES string of the molecule is CC(C)COc1ccc(C(=O)CCC2CCCCC2)cc1N. The molecule has 1 aromatic rings. The van der Waals surface area contributed by atoms with Gasteiger partial charge in [0.15, 0.2) is 5.78 Å². The van der Waals surface area contributed by atoms with Gasteiger partial charge in [0, 0.05) is 12.0 Å². The molecule has 22 heavy (non-hydrogen) atoms. The third kappa shape index (κ3) is 5.04. The van der Waals surface area contributed by atoms with Crippen LogP contribution in [0, 0.1) is 11.8 Å². The highest BCUT2D eigenvalue weighted by molar-refractivity contribution is 5.97. The molecule has 2 N–H and O–H groups in total. The number of ether oxygens (including phenoxy) is 1. The van der Waals surface area contributed by atoms with Crippen molar-refractivity contribution in [1.82, 2.24) is 0 Å². The van der Waals surface area contributed by atoms with E-state index in [0.717, 1.165) is 12.3 Å². The topological polar surface area (TPSA) is 52.3 Å². The number of benzene rings is 1. The minimum absolute atomic E-state index is 0.202. The molecule has 0 saturated heterocycles. The minimum Gasteiger partial charge on any atom is -0.491 e. The van der Waals surface area contributed by atoms with Gasteiger partial charge in [-0.15, -0.1) is 0 Å². The number of ketones is 1. The summed E-state index contributed by atoms with van der Waals surface area (Å²) in [6.07, 6.45) is 8.25. The lowest BCUT2D eigenvalue weighted by molar-refractivity contribution is 0.0970. The zero-order chi connectivity index (χ0) is 15.9. The van der Waals surface area contributed by atoms with Gasteiger partial charge in [-0.25, -0.2) is 0 Å². The van der Waals surface area contributed by atoms with Crippen LogP contribution in [-0.2, 0) is 0 Å². The number of anilines is 1. The average Bonchev–Trinajstić information content (AvgIpc) is 2.52. The van der Waals surface area contributed by atoms with Gasteiger partial charge in [0.05, 0.1) is 12.3 Å². The summed E-state index contributed by atoms with van der Waals surface area (Å²) in [6.45, 7) is 4.83. The van der Waals surface area contributed by atoms with E-state index in [1.807, 2.05) is 12.1 Å². The molecule has 0 amide bonds. The average molecular weight is 303 g/mol. The number of hydrogen-bond acceptors (Lipinski definition) is 3. The highest BCUT2D eigenvalue weighted by atomic mass is 16.5. The van der Waals surface area contributed by atoms with Crippen molar-refractivity contribution < 1.29 is 9.53 Å². The van der Waals surface area contributed by atoms with Crippen LogP contribution in [0.25, 0.3) is 0 Å². The fourth-order valence-electron chi connectivity index (χ4n) is 3.07. The lowest BCUT2D eigenvalue weighted by atomic mass is 9.85. The number of nitrogen functional groups attached to an aromatic ring is 1. The van der Waals surface area contributed by atoms with Gasteiger partial charge in [-0.05, 0) is 36.5 Å². The van der Waals surface area contributed by atoms with Gasteiger partial charge in [0.1, 0.15) is 5.75 Å². The van der Waals surface area contributed by atoms with Crippen LogP contribution in [0.1, 0.15) is 69.2 Å². The maximum atomic E-state index is 12.3. The summed E-state index contributed by atoms with van der Waals surface area (Å²) in [5, 5.41) is 0. The van der Waals surface area contributed by atoms with Gasteiger partial charge in [-0.3, -0.25) is 4.79 Å². The lowest BCUT2D eigenvalue weighted by Crippen LogP contribution is -2.10. The Hall–Kier alpha value is -1.51.